The summed E-state index contributed by atoms with van der Waals surface area (Å²) in [4.78, 5) is 11.4. The van der Waals surface area contributed by atoms with Gasteiger partial charge in [0.1, 0.15) is 6.10 Å². The molecule has 2 aliphatic rings. The second-order valence-corrected chi connectivity index (χ2v) is 4.44. The molecule has 3 heteroatoms. The molecule has 0 unspecified atom stereocenters. The van der Waals surface area contributed by atoms with Crippen molar-refractivity contribution in [3.05, 3.63) is 0 Å². The molecule has 0 bridgehead atoms. The van der Waals surface area contributed by atoms with Crippen LogP contribution in [0.25, 0.3) is 0 Å². The third-order valence-electron chi connectivity index (χ3n) is 3.25. The average molecular weight is 197 g/mol. The second kappa shape index (κ2) is 4.67. The Kier molecular flexibility index (Phi) is 3.27. The van der Waals surface area contributed by atoms with Gasteiger partial charge in [0.05, 0.1) is 0 Å². The lowest BCUT2D eigenvalue weighted by atomic mass is 10.2. The van der Waals surface area contributed by atoms with Gasteiger partial charge in [-0.1, -0.05) is 12.8 Å². The Bertz CT molecular complexity index is 173. The monoisotopic (exact) mass is 197 g/mol. The van der Waals surface area contributed by atoms with Crippen LogP contribution in [0.1, 0.15) is 51.4 Å². The van der Waals surface area contributed by atoms with Gasteiger partial charge in [0.2, 0.25) is 0 Å². The van der Waals surface area contributed by atoms with E-state index in [-0.39, 0.29) is 12.2 Å². The number of nitrogens with one attached hydrogen (secondary N) is 1. The minimum Gasteiger partial charge on any atom is -0.446 e. The molecular weight excluding hydrogens is 178 g/mol. The molecular formula is C11H19NO2. The summed E-state index contributed by atoms with van der Waals surface area (Å²) < 4.78 is 5.32. The van der Waals surface area contributed by atoms with Crippen LogP contribution in [0.15, 0.2) is 0 Å². The molecule has 2 saturated carbocycles. The third kappa shape index (κ3) is 2.63. The first-order valence-corrected chi connectivity index (χ1v) is 5.82. The van der Waals surface area contributed by atoms with E-state index in [1.54, 1.807) is 0 Å². The molecule has 3 nitrogen and oxygen atoms in total. The highest BCUT2D eigenvalue weighted by Gasteiger charge is 2.22. The zero-order chi connectivity index (χ0) is 9.80. The first-order chi connectivity index (χ1) is 6.84. The van der Waals surface area contributed by atoms with Crippen LogP contribution in [-0.2, 0) is 4.74 Å². The molecule has 0 radical (unpaired) electrons. The molecule has 1 amide bonds. The van der Waals surface area contributed by atoms with E-state index in [1.165, 1.54) is 25.7 Å². The van der Waals surface area contributed by atoms with Crippen LogP contribution in [0, 0.1) is 0 Å². The smallest absolute Gasteiger partial charge is 0.407 e. The summed E-state index contributed by atoms with van der Waals surface area (Å²) in [6, 6.07) is 0.379. The molecule has 14 heavy (non-hydrogen) atoms. The molecule has 0 aromatic rings. The van der Waals surface area contributed by atoms with Crippen LogP contribution in [-0.4, -0.2) is 18.2 Å². The molecule has 0 spiro atoms. The van der Waals surface area contributed by atoms with E-state index in [4.69, 9.17) is 4.74 Å². The van der Waals surface area contributed by atoms with Crippen molar-refractivity contribution in [1.29, 1.82) is 0 Å². The Morgan fingerprint density at radius 2 is 1.57 bits per heavy atom. The maximum atomic E-state index is 11.4. The van der Waals surface area contributed by atoms with E-state index < -0.39 is 0 Å². The Labute approximate surface area is 85.2 Å². The lowest BCUT2D eigenvalue weighted by molar-refractivity contribution is 0.0980. The lowest BCUT2D eigenvalue weighted by Gasteiger charge is -2.15. The van der Waals surface area contributed by atoms with Gasteiger partial charge in [-0.3, -0.25) is 0 Å². The summed E-state index contributed by atoms with van der Waals surface area (Å²) in [5.41, 5.74) is 0. The van der Waals surface area contributed by atoms with E-state index in [9.17, 15) is 4.79 Å². The lowest BCUT2D eigenvalue weighted by Crippen LogP contribution is -2.35. The van der Waals surface area contributed by atoms with Crippen LogP contribution in [0.3, 0.4) is 0 Å². The number of ether oxygens (including phenoxy) is 1. The van der Waals surface area contributed by atoms with Crippen LogP contribution in [0.4, 0.5) is 4.79 Å². The molecule has 1 N–H and O–H groups in total. The quantitative estimate of drug-likeness (QED) is 0.739. The molecule has 0 heterocycles. The van der Waals surface area contributed by atoms with Gasteiger partial charge < -0.3 is 10.1 Å². The maximum Gasteiger partial charge on any atom is 0.407 e. The number of carbonyl (C=O) groups is 1. The highest BCUT2D eigenvalue weighted by molar-refractivity contribution is 5.67. The van der Waals surface area contributed by atoms with Crippen molar-refractivity contribution in [2.45, 2.75) is 63.5 Å². The van der Waals surface area contributed by atoms with Crippen molar-refractivity contribution in [3.63, 3.8) is 0 Å². The topological polar surface area (TPSA) is 38.3 Å². The Morgan fingerprint density at radius 3 is 2.21 bits per heavy atom. The van der Waals surface area contributed by atoms with Gasteiger partial charge in [0.15, 0.2) is 0 Å². The largest absolute Gasteiger partial charge is 0.446 e. The maximum absolute atomic E-state index is 11.4. The first-order valence-electron chi connectivity index (χ1n) is 5.82. The van der Waals surface area contributed by atoms with Gasteiger partial charge in [-0.15, -0.1) is 0 Å². The van der Waals surface area contributed by atoms with E-state index >= 15 is 0 Å². The second-order valence-electron chi connectivity index (χ2n) is 4.44. The zero-order valence-corrected chi connectivity index (χ0v) is 8.63. The van der Waals surface area contributed by atoms with Gasteiger partial charge >= 0.3 is 6.09 Å². The van der Waals surface area contributed by atoms with Crippen LogP contribution < -0.4 is 5.32 Å². The summed E-state index contributed by atoms with van der Waals surface area (Å²) in [5, 5.41) is 2.94. The first kappa shape index (κ1) is 9.81. The molecule has 0 aromatic carbocycles. The summed E-state index contributed by atoms with van der Waals surface area (Å²) in [7, 11) is 0. The van der Waals surface area contributed by atoms with Crippen molar-refractivity contribution < 1.29 is 9.53 Å². The van der Waals surface area contributed by atoms with E-state index in [0.717, 1.165) is 25.7 Å². The number of hydrogen-bond donors (Lipinski definition) is 1. The van der Waals surface area contributed by atoms with Gasteiger partial charge in [0.25, 0.3) is 0 Å². The predicted octanol–water partition coefficient (Wildman–Crippen LogP) is 2.60. The normalized spacial score (nSPS) is 24.0. The number of rotatable bonds is 2. The van der Waals surface area contributed by atoms with Crippen molar-refractivity contribution in [3.8, 4) is 0 Å². The fraction of sp³-hybridized carbons (Fsp3) is 0.909. The van der Waals surface area contributed by atoms with Crippen LogP contribution in [0.5, 0.6) is 0 Å². The van der Waals surface area contributed by atoms with Crippen molar-refractivity contribution >= 4 is 6.09 Å². The summed E-state index contributed by atoms with van der Waals surface area (Å²) in [6.45, 7) is 0. The van der Waals surface area contributed by atoms with Crippen molar-refractivity contribution in [1.82, 2.24) is 5.32 Å². The standard InChI is InChI=1S/C11H19NO2/c13-11(12-9-5-1-2-6-9)14-10-7-3-4-8-10/h9-10H,1-8H2,(H,12,13). The van der Waals surface area contributed by atoms with E-state index in [1.807, 2.05) is 0 Å². The van der Waals surface area contributed by atoms with Crippen molar-refractivity contribution in [2.75, 3.05) is 0 Å². The summed E-state index contributed by atoms with van der Waals surface area (Å²) >= 11 is 0. The summed E-state index contributed by atoms with van der Waals surface area (Å²) in [5.74, 6) is 0. The molecule has 0 aliphatic heterocycles. The summed E-state index contributed by atoms with van der Waals surface area (Å²) in [6.07, 6.45) is 9.27. The van der Waals surface area contributed by atoms with Crippen LogP contribution in [0.2, 0.25) is 0 Å². The molecule has 2 fully saturated rings. The van der Waals surface area contributed by atoms with Gasteiger partial charge in [-0.05, 0) is 38.5 Å². The fourth-order valence-electron chi connectivity index (χ4n) is 2.43. The number of carbonyl (C=O) groups excluding carboxylic acids is 1. The highest BCUT2D eigenvalue weighted by atomic mass is 16.6. The molecule has 0 aromatic heterocycles. The van der Waals surface area contributed by atoms with Gasteiger partial charge in [-0.2, -0.15) is 0 Å². The van der Waals surface area contributed by atoms with Gasteiger partial charge in [-0.25, -0.2) is 4.79 Å². The predicted molar refractivity (Wildman–Crippen MR) is 54.1 cm³/mol. The van der Waals surface area contributed by atoms with Gasteiger partial charge in [0, 0.05) is 6.04 Å². The number of hydrogen-bond acceptors (Lipinski definition) is 2. The van der Waals surface area contributed by atoms with E-state index in [2.05, 4.69) is 5.32 Å². The third-order valence-corrected chi connectivity index (χ3v) is 3.25. The SMILES string of the molecule is O=C(NC1CCCC1)OC1CCCC1. The number of amides is 1. The molecule has 2 aliphatic carbocycles. The zero-order valence-electron chi connectivity index (χ0n) is 8.63. The van der Waals surface area contributed by atoms with E-state index in [0.29, 0.717) is 6.04 Å². The molecule has 0 saturated heterocycles. The minimum absolute atomic E-state index is 0.191. The Hall–Kier alpha value is -0.730. The molecule has 2 rings (SSSR count). The number of alkyl carbamates (subject to hydrolysis) is 1. The minimum atomic E-state index is -0.191. The Morgan fingerprint density at radius 1 is 1.00 bits per heavy atom. The highest BCUT2D eigenvalue weighted by Crippen LogP contribution is 2.22. The molecule has 80 valence electrons. The molecule has 0 atom stereocenters. The van der Waals surface area contributed by atoms with Crippen LogP contribution >= 0.6 is 0 Å². The fourth-order valence-corrected chi connectivity index (χ4v) is 2.43. The average Bonchev–Trinajstić information content (AvgIpc) is 2.76. The Balaban J connectivity index is 1.66. The van der Waals surface area contributed by atoms with Crippen molar-refractivity contribution in [2.24, 2.45) is 0 Å².